The summed E-state index contributed by atoms with van der Waals surface area (Å²) in [5.41, 5.74) is 0. The van der Waals surface area contributed by atoms with Gasteiger partial charge < -0.3 is 19.2 Å². The van der Waals surface area contributed by atoms with Crippen molar-refractivity contribution in [1.29, 1.82) is 0 Å². The first-order valence-corrected chi connectivity index (χ1v) is 14.0. The molecule has 192 valence electrons. The van der Waals surface area contributed by atoms with Gasteiger partial charge in [0.05, 0.1) is 34.0 Å². The molecule has 0 spiro atoms. The van der Waals surface area contributed by atoms with E-state index >= 15 is 0 Å². The number of aliphatic hydroxyl groups is 1. The first-order chi connectivity index (χ1) is 15.2. The fourth-order valence-corrected chi connectivity index (χ4v) is 3.85. The number of ether oxygens (including phenoxy) is 1. The number of hydrogen-bond acceptors (Lipinski definition) is 5. The highest BCUT2D eigenvalue weighted by Gasteiger charge is 2.24. The highest BCUT2D eigenvalue weighted by atomic mass is 31.2. The Balaban J connectivity index is 3.50. The number of rotatable bonds is 23. The maximum Gasteiger partial charge on any atom is 0.472 e. The molecule has 0 aromatic rings. The molecule has 0 aromatic heterocycles. The van der Waals surface area contributed by atoms with Crippen LogP contribution in [0.1, 0.15) is 90.4 Å². The molecule has 0 saturated heterocycles. The van der Waals surface area contributed by atoms with Crippen molar-refractivity contribution in [2.24, 2.45) is 0 Å². The Kier molecular flexibility index (Phi) is 19.7. The van der Waals surface area contributed by atoms with Crippen LogP contribution in [0.25, 0.3) is 0 Å². The van der Waals surface area contributed by atoms with E-state index in [0.29, 0.717) is 11.0 Å². The first kappa shape index (κ1) is 31.6. The van der Waals surface area contributed by atoms with Crippen LogP contribution in [0.2, 0.25) is 0 Å². The van der Waals surface area contributed by atoms with Crippen LogP contribution in [0.15, 0.2) is 12.3 Å². The van der Waals surface area contributed by atoms with Gasteiger partial charge in [-0.05, 0) is 18.9 Å². The van der Waals surface area contributed by atoms with E-state index in [1.165, 1.54) is 70.6 Å². The minimum absolute atomic E-state index is 0.00776. The van der Waals surface area contributed by atoms with Crippen molar-refractivity contribution in [2.75, 3.05) is 47.5 Å². The molecule has 2 unspecified atom stereocenters. The SMILES string of the molecule is CCCCCCCCCCCCCC/C=C/OCC(O)COP(=O)(O)OCC[N+](C)(C)C. The van der Waals surface area contributed by atoms with Gasteiger partial charge in [0.2, 0.25) is 0 Å². The fraction of sp³-hybridized carbons (Fsp3) is 0.917. The third-order valence-electron chi connectivity index (χ3n) is 5.15. The number of nitrogens with zero attached hydrogens (tertiary/aromatic N) is 1. The van der Waals surface area contributed by atoms with Gasteiger partial charge in [-0.3, -0.25) is 9.05 Å². The van der Waals surface area contributed by atoms with Crippen molar-refractivity contribution in [3.63, 3.8) is 0 Å². The van der Waals surface area contributed by atoms with Gasteiger partial charge in [-0.1, -0.05) is 77.6 Å². The molecule has 0 saturated carbocycles. The quantitative estimate of drug-likeness (QED) is 0.0831. The number of phosphoric acid groups is 1. The standard InChI is InChI=1S/C24H50NO6P/c1-5-6-7-8-9-10-11-12-13-14-15-16-17-18-20-29-22-24(26)23-31-32(27,28)30-21-19-25(2,3)4/h18,20,24,26H,5-17,19,21-23H2,1-4H3/p+1/b20-18+. The molecular weight excluding hydrogens is 429 g/mol. The molecule has 0 aliphatic carbocycles. The maximum absolute atomic E-state index is 11.8. The van der Waals surface area contributed by atoms with Crippen LogP contribution in [0.3, 0.4) is 0 Å². The Hall–Kier alpha value is -0.430. The summed E-state index contributed by atoms with van der Waals surface area (Å²) >= 11 is 0. The lowest BCUT2D eigenvalue weighted by atomic mass is 10.0. The lowest BCUT2D eigenvalue weighted by Gasteiger charge is -2.24. The number of allylic oxidation sites excluding steroid dienone is 1. The summed E-state index contributed by atoms with van der Waals surface area (Å²) in [5.74, 6) is 0. The molecule has 0 amide bonds. The predicted molar refractivity (Wildman–Crippen MR) is 131 cm³/mol. The van der Waals surface area contributed by atoms with Gasteiger partial charge in [0.25, 0.3) is 0 Å². The summed E-state index contributed by atoms with van der Waals surface area (Å²) in [6, 6.07) is 0. The highest BCUT2D eigenvalue weighted by molar-refractivity contribution is 7.47. The van der Waals surface area contributed by atoms with Crippen LogP contribution in [0.4, 0.5) is 0 Å². The molecule has 2 atom stereocenters. The van der Waals surface area contributed by atoms with Crippen molar-refractivity contribution in [3.05, 3.63) is 12.3 Å². The topological polar surface area (TPSA) is 85.2 Å². The zero-order chi connectivity index (χ0) is 24.1. The van der Waals surface area contributed by atoms with E-state index in [4.69, 9.17) is 13.8 Å². The number of aliphatic hydroxyl groups excluding tert-OH is 1. The van der Waals surface area contributed by atoms with E-state index in [1.807, 2.05) is 27.2 Å². The second-order valence-corrected chi connectivity index (χ2v) is 11.1. The number of unbranched alkanes of at least 4 members (excludes halogenated alkanes) is 12. The van der Waals surface area contributed by atoms with Crippen molar-refractivity contribution in [2.45, 2.75) is 96.5 Å². The van der Waals surface area contributed by atoms with E-state index in [1.54, 1.807) is 6.26 Å². The fourth-order valence-electron chi connectivity index (χ4n) is 3.10. The second kappa shape index (κ2) is 20.0. The van der Waals surface area contributed by atoms with E-state index < -0.39 is 13.9 Å². The number of likely N-dealkylation sites (N-methyl/N-ethyl adjacent to an activating group) is 1. The summed E-state index contributed by atoms with van der Waals surface area (Å²) in [6.45, 7) is 2.63. The van der Waals surface area contributed by atoms with E-state index in [9.17, 15) is 14.6 Å². The van der Waals surface area contributed by atoms with Crippen LogP contribution >= 0.6 is 7.82 Å². The Bertz CT molecular complexity index is 495. The lowest BCUT2D eigenvalue weighted by Crippen LogP contribution is -2.37. The third kappa shape index (κ3) is 24.2. The minimum atomic E-state index is -4.15. The van der Waals surface area contributed by atoms with E-state index in [-0.39, 0.29) is 19.8 Å². The van der Waals surface area contributed by atoms with Crippen LogP contribution in [-0.2, 0) is 18.3 Å². The number of hydrogen-bond donors (Lipinski definition) is 2. The zero-order valence-electron chi connectivity index (χ0n) is 21.2. The minimum Gasteiger partial charge on any atom is -0.499 e. The molecule has 0 aliphatic rings. The first-order valence-electron chi connectivity index (χ1n) is 12.5. The molecule has 0 fully saturated rings. The summed E-state index contributed by atoms with van der Waals surface area (Å²) in [5, 5.41) is 9.81. The molecule has 7 nitrogen and oxygen atoms in total. The molecule has 0 radical (unpaired) electrons. The van der Waals surface area contributed by atoms with Crippen LogP contribution in [0.5, 0.6) is 0 Å². The zero-order valence-corrected chi connectivity index (χ0v) is 22.1. The van der Waals surface area contributed by atoms with Gasteiger partial charge in [-0.25, -0.2) is 4.57 Å². The molecule has 0 rings (SSSR count). The van der Waals surface area contributed by atoms with Gasteiger partial charge in [-0.2, -0.15) is 0 Å². The molecule has 8 heteroatoms. The monoisotopic (exact) mass is 480 g/mol. The van der Waals surface area contributed by atoms with E-state index in [2.05, 4.69) is 6.92 Å². The van der Waals surface area contributed by atoms with Crippen LogP contribution < -0.4 is 0 Å². The lowest BCUT2D eigenvalue weighted by molar-refractivity contribution is -0.870. The molecule has 0 aromatic carbocycles. The summed E-state index contributed by atoms with van der Waals surface area (Å²) in [7, 11) is 1.72. The average Bonchev–Trinajstić information content (AvgIpc) is 2.71. The van der Waals surface area contributed by atoms with Crippen molar-refractivity contribution in [1.82, 2.24) is 0 Å². The van der Waals surface area contributed by atoms with Crippen molar-refractivity contribution < 1.29 is 32.8 Å². The summed E-state index contributed by atoms with van der Waals surface area (Å²) < 4.78 is 27.4. The van der Waals surface area contributed by atoms with Gasteiger partial charge in [-0.15, -0.1) is 0 Å². The molecular formula is C24H51NO6P+. The molecule has 0 aliphatic heterocycles. The third-order valence-corrected chi connectivity index (χ3v) is 6.14. The Morgan fingerprint density at radius 2 is 1.38 bits per heavy atom. The second-order valence-electron chi connectivity index (χ2n) is 9.65. The molecule has 2 N–H and O–H groups in total. The van der Waals surface area contributed by atoms with Crippen LogP contribution in [0, 0.1) is 0 Å². The molecule has 32 heavy (non-hydrogen) atoms. The van der Waals surface area contributed by atoms with Gasteiger partial charge >= 0.3 is 7.82 Å². The average molecular weight is 481 g/mol. The maximum atomic E-state index is 11.8. The molecule has 0 bridgehead atoms. The largest absolute Gasteiger partial charge is 0.499 e. The number of quaternary nitrogens is 1. The number of phosphoric ester groups is 1. The van der Waals surface area contributed by atoms with Crippen LogP contribution in [-0.4, -0.2) is 68.1 Å². The summed E-state index contributed by atoms with van der Waals surface area (Å²) in [4.78, 5) is 9.61. The smallest absolute Gasteiger partial charge is 0.472 e. The van der Waals surface area contributed by atoms with Crippen molar-refractivity contribution in [3.8, 4) is 0 Å². The van der Waals surface area contributed by atoms with Gasteiger partial charge in [0.15, 0.2) is 0 Å². The van der Waals surface area contributed by atoms with Gasteiger partial charge in [0.1, 0.15) is 25.9 Å². The molecule has 0 heterocycles. The Morgan fingerprint density at radius 3 is 1.91 bits per heavy atom. The Labute approximate surface area is 197 Å². The Morgan fingerprint density at radius 1 is 0.844 bits per heavy atom. The highest BCUT2D eigenvalue weighted by Crippen LogP contribution is 2.43. The predicted octanol–water partition coefficient (Wildman–Crippen LogP) is 5.81. The van der Waals surface area contributed by atoms with Crippen molar-refractivity contribution >= 4 is 7.82 Å². The van der Waals surface area contributed by atoms with E-state index in [0.717, 1.165) is 12.8 Å². The normalized spacial score (nSPS) is 15.2. The summed E-state index contributed by atoms with van der Waals surface area (Å²) in [6.07, 6.45) is 19.5. The van der Waals surface area contributed by atoms with Gasteiger partial charge in [0, 0.05) is 0 Å².